The number of carbonyl (C=O) groups is 1. The number of carboxylic acids is 1. The number of nitrogens with two attached hydrogens (primary N) is 1. The van der Waals surface area contributed by atoms with Gasteiger partial charge in [0, 0.05) is 24.4 Å². The number of nitrogens with zero attached hydrogens (tertiary/aromatic N) is 4. The van der Waals surface area contributed by atoms with Gasteiger partial charge in [0.25, 0.3) is 0 Å². The fraction of sp³-hybridized carbons (Fsp3) is 0.111. The minimum absolute atomic E-state index is 0.0701. The van der Waals surface area contributed by atoms with Gasteiger partial charge in [-0.05, 0) is 29.1 Å². The number of thiophene rings is 1. The van der Waals surface area contributed by atoms with E-state index in [0.29, 0.717) is 28.1 Å². The molecule has 3 heterocycles. The van der Waals surface area contributed by atoms with Gasteiger partial charge in [-0.3, -0.25) is 4.79 Å². The molecule has 0 aliphatic rings. The van der Waals surface area contributed by atoms with Gasteiger partial charge in [0.05, 0.1) is 17.0 Å². The van der Waals surface area contributed by atoms with Gasteiger partial charge < -0.3 is 15.4 Å². The number of anilines is 1. The molecule has 8 heteroatoms. The maximum absolute atomic E-state index is 10.9. The lowest BCUT2D eigenvalue weighted by Crippen LogP contribution is -1.99. The van der Waals surface area contributed by atoms with Gasteiger partial charge >= 0.3 is 5.97 Å². The molecule has 3 rings (SSSR count). The molecule has 0 fully saturated rings. The number of hydrogen-bond donors (Lipinski definition) is 2. The van der Waals surface area contributed by atoms with Gasteiger partial charge in [0.2, 0.25) is 0 Å². The highest BCUT2D eigenvalue weighted by molar-refractivity contribution is 7.13. The predicted octanol–water partition coefficient (Wildman–Crippen LogP) is 2.77. The summed E-state index contributed by atoms with van der Waals surface area (Å²) in [5.41, 5.74) is 9.19. The van der Waals surface area contributed by atoms with Crippen molar-refractivity contribution in [3.8, 4) is 33.8 Å². The molecule has 26 heavy (non-hydrogen) atoms. The van der Waals surface area contributed by atoms with Crippen LogP contribution >= 0.6 is 11.3 Å². The maximum Gasteiger partial charge on any atom is 0.307 e. The first-order chi connectivity index (χ1) is 12.4. The number of aromatic nitrogens is 2. The van der Waals surface area contributed by atoms with Gasteiger partial charge in [-0.15, -0.1) is 11.3 Å². The van der Waals surface area contributed by atoms with Crippen molar-refractivity contribution < 1.29 is 9.90 Å². The third-order valence-corrected chi connectivity index (χ3v) is 4.85. The minimum atomic E-state index is -0.907. The Bertz CT molecular complexity index is 1100. The van der Waals surface area contributed by atoms with Gasteiger partial charge in [0.15, 0.2) is 0 Å². The van der Waals surface area contributed by atoms with Crippen LogP contribution in [0.5, 0.6) is 0 Å². The number of nitriles is 2. The molecule has 0 amide bonds. The summed E-state index contributed by atoms with van der Waals surface area (Å²) in [5, 5.41) is 29.3. The molecular formula is C18H13N5O2S. The molecule has 7 nitrogen and oxygen atoms in total. The molecule has 128 valence electrons. The fourth-order valence-electron chi connectivity index (χ4n) is 2.64. The molecule has 0 saturated heterocycles. The molecule has 3 aromatic rings. The lowest BCUT2D eigenvalue weighted by Gasteiger charge is -2.07. The Morgan fingerprint density at radius 2 is 2.12 bits per heavy atom. The summed E-state index contributed by atoms with van der Waals surface area (Å²) in [5.74, 6) is -0.814. The molecule has 0 aromatic carbocycles. The third kappa shape index (κ3) is 3.14. The molecule has 0 bridgehead atoms. The first kappa shape index (κ1) is 17.2. The van der Waals surface area contributed by atoms with Crippen molar-refractivity contribution in [1.29, 1.82) is 10.5 Å². The summed E-state index contributed by atoms with van der Waals surface area (Å²) in [6.45, 7) is 0. The number of aliphatic carboxylic acids is 1. The van der Waals surface area contributed by atoms with Crippen molar-refractivity contribution in [2.45, 2.75) is 6.42 Å². The normalized spacial score (nSPS) is 10.3. The number of rotatable bonds is 4. The van der Waals surface area contributed by atoms with Crippen LogP contribution in [0.3, 0.4) is 0 Å². The van der Waals surface area contributed by atoms with Crippen molar-refractivity contribution in [3.05, 3.63) is 46.6 Å². The maximum atomic E-state index is 10.9. The average molecular weight is 363 g/mol. The summed E-state index contributed by atoms with van der Waals surface area (Å²) in [6, 6.07) is 9.32. The highest BCUT2D eigenvalue weighted by Gasteiger charge is 2.16. The lowest BCUT2D eigenvalue weighted by molar-refractivity contribution is -0.136. The SMILES string of the molecule is Cn1cc(-c2cc(-c3cc(CC(=O)O)cs3)nc(N)c2C#N)cc1C#N. The van der Waals surface area contributed by atoms with Crippen LogP contribution in [0.25, 0.3) is 21.7 Å². The molecule has 0 aliphatic heterocycles. The molecular weight excluding hydrogens is 350 g/mol. The summed E-state index contributed by atoms with van der Waals surface area (Å²) in [6.07, 6.45) is 1.68. The highest BCUT2D eigenvalue weighted by atomic mass is 32.1. The van der Waals surface area contributed by atoms with Gasteiger partial charge in [0.1, 0.15) is 29.2 Å². The first-order valence-corrected chi connectivity index (χ1v) is 8.38. The van der Waals surface area contributed by atoms with Crippen LogP contribution in [0.2, 0.25) is 0 Å². The van der Waals surface area contributed by atoms with Crippen LogP contribution < -0.4 is 5.73 Å². The number of hydrogen-bond acceptors (Lipinski definition) is 6. The van der Waals surface area contributed by atoms with E-state index in [1.54, 1.807) is 41.4 Å². The molecule has 3 N–H and O–H groups in total. The Kier molecular flexibility index (Phi) is 4.44. The van der Waals surface area contributed by atoms with Gasteiger partial charge in [-0.1, -0.05) is 0 Å². The summed E-state index contributed by atoms with van der Waals surface area (Å²) >= 11 is 1.36. The molecule has 0 atom stereocenters. The molecule has 3 aromatic heterocycles. The van der Waals surface area contributed by atoms with E-state index < -0.39 is 5.97 Å². The zero-order valence-corrected chi connectivity index (χ0v) is 14.5. The number of carboxylic acid groups (broad SMARTS) is 1. The van der Waals surface area contributed by atoms with E-state index in [4.69, 9.17) is 16.1 Å². The summed E-state index contributed by atoms with van der Waals surface area (Å²) in [7, 11) is 1.75. The number of pyridine rings is 1. The fourth-order valence-corrected chi connectivity index (χ4v) is 3.51. The minimum Gasteiger partial charge on any atom is -0.481 e. The Morgan fingerprint density at radius 1 is 1.35 bits per heavy atom. The van der Waals surface area contributed by atoms with E-state index in [0.717, 1.165) is 4.88 Å². The molecule has 0 spiro atoms. The van der Waals surface area contributed by atoms with E-state index in [9.17, 15) is 10.1 Å². The number of aryl methyl sites for hydroxylation is 1. The van der Waals surface area contributed by atoms with Crippen molar-refractivity contribution in [3.63, 3.8) is 0 Å². The Labute approximate surface area is 153 Å². The zero-order valence-electron chi connectivity index (χ0n) is 13.7. The van der Waals surface area contributed by atoms with Crippen molar-refractivity contribution in [2.24, 2.45) is 7.05 Å². The second kappa shape index (κ2) is 6.71. The molecule has 0 unspecified atom stereocenters. The van der Waals surface area contributed by atoms with E-state index in [1.807, 2.05) is 0 Å². The van der Waals surface area contributed by atoms with E-state index in [1.165, 1.54) is 11.3 Å². The lowest BCUT2D eigenvalue weighted by atomic mass is 10.0. The molecule has 0 radical (unpaired) electrons. The van der Waals surface area contributed by atoms with Gasteiger partial charge in [-0.25, -0.2) is 4.98 Å². The standard InChI is InChI=1S/C18H13N5O2S/c1-23-8-11(4-12(23)6-19)13-5-15(22-18(21)14(13)7-20)16-2-10(9-26-16)3-17(24)25/h2,4-5,8-9H,3H2,1H3,(H2,21,22)(H,24,25). The van der Waals surface area contributed by atoms with Crippen molar-refractivity contribution >= 4 is 23.1 Å². The predicted molar refractivity (Wildman–Crippen MR) is 97.1 cm³/mol. The van der Waals surface area contributed by atoms with Crippen LogP contribution in [-0.4, -0.2) is 20.6 Å². The highest BCUT2D eigenvalue weighted by Crippen LogP contribution is 2.34. The smallest absolute Gasteiger partial charge is 0.307 e. The first-order valence-electron chi connectivity index (χ1n) is 7.50. The Balaban J connectivity index is 2.13. The molecule has 0 saturated carbocycles. The Hall–Kier alpha value is -3.62. The second-order valence-electron chi connectivity index (χ2n) is 5.65. The third-order valence-electron chi connectivity index (χ3n) is 3.85. The number of nitrogen functional groups attached to an aromatic ring is 1. The van der Waals surface area contributed by atoms with Crippen LogP contribution in [0.15, 0.2) is 29.8 Å². The second-order valence-corrected chi connectivity index (χ2v) is 6.56. The van der Waals surface area contributed by atoms with Crippen molar-refractivity contribution in [2.75, 3.05) is 5.73 Å². The van der Waals surface area contributed by atoms with Crippen LogP contribution in [0.4, 0.5) is 5.82 Å². The monoisotopic (exact) mass is 363 g/mol. The van der Waals surface area contributed by atoms with Gasteiger partial charge in [-0.2, -0.15) is 10.5 Å². The zero-order chi connectivity index (χ0) is 18.8. The van der Waals surface area contributed by atoms with Crippen LogP contribution in [-0.2, 0) is 18.3 Å². The quantitative estimate of drug-likeness (QED) is 0.733. The van der Waals surface area contributed by atoms with E-state index >= 15 is 0 Å². The van der Waals surface area contributed by atoms with Crippen LogP contribution in [0.1, 0.15) is 16.8 Å². The molecule has 0 aliphatic carbocycles. The summed E-state index contributed by atoms with van der Waals surface area (Å²) < 4.78 is 1.67. The van der Waals surface area contributed by atoms with Crippen LogP contribution in [0, 0.1) is 22.7 Å². The Morgan fingerprint density at radius 3 is 2.73 bits per heavy atom. The van der Waals surface area contributed by atoms with E-state index in [-0.39, 0.29) is 17.8 Å². The average Bonchev–Trinajstić information content (AvgIpc) is 3.20. The van der Waals surface area contributed by atoms with Crippen molar-refractivity contribution in [1.82, 2.24) is 9.55 Å². The largest absolute Gasteiger partial charge is 0.481 e. The summed E-state index contributed by atoms with van der Waals surface area (Å²) in [4.78, 5) is 15.9. The van der Waals surface area contributed by atoms with E-state index in [2.05, 4.69) is 17.1 Å². The topological polar surface area (TPSA) is 129 Å².